The van der Waals surface area contributed by atoms with Crippen LogP contribution in [0.25, 0.3) is 32.3 Å². The van der Waals surface area contributed by atoms with Crippen LogP contribution >= 0.6 is 25.0 Å². The molecule has 7 heteroatoms. The summed E-state index contributed by atoms with van der Waals surface area (Å²) in [6, 6.07) is 18.4. The first kappa shape index (κ1) is 17.2. The average molecular weight is 392 g/mol. The smallest absolute Gasteiger partial charge is 0.429 e. The van der Waals surface area contributed by atoms with Crippen LogP contribution in [0.1, 0.15) is 0 Å². The van der Waals surface area contributed by atoms with Gasteiger partial charge >= 0.3 is 5.51 Å². The molecule has 0 aliphatic rings. The van der Waals surface area contributed by atoms with Gasteiger partial charge < -0.3 is 8.37 Å². The second-order valence-corrected chi connectivity index (χ2v) is 6.64. The van der Waals surface area contributed by atoms with Crippen LogP contribution in [0.15, 0.2) is 60.7 Å². The molecule has 132 valence electrons. The molecule has 0 spiro atoms. The van der Waals surface area contributed by atoms with Gasteiger partial charge in [0.2, 0.25) is 0 Å². The first-order valence-corrected chi connectivity index (χ1v) is 8.69. The van der Waals surface area contributed by atoms with E-state index in [0.717, 1.165) is 32.3 Å². The molecule has 0 radical (unpaired) electrons. The minimum atomic E-state index is -4.46. The van der Waals surface area contributed by atoms with Gasteiger partial charge in [-0.05, 0) is 68.7 Å². The maximum Gasteiger partial charge on any atom is 0.479 e. The van der Waals surface area contributed by atoms with Gasteiger partial charge in [0.15, 0.2) is 12.0 Å². The first-order chi connectivity index (χ1) is 12.5. The van der Waals surface area contributed by atoms with Crippen molar-refractivity contribution >= 4 is 57.3 Å². The molecule has 0 saturated heterocycles. The lowest BCUT2D eigenvalue weighted by Gasteiger charge is -2.13. The molecule has 0 N–H and O–H groups in total. The first-order valence-electron chi connectivity index (χ1n) is 7.58. The molecule has 0 fully saturated rings. The molecule has 4 aromatic rings. The third kappa shape index (κ3) is 3.12. The zero-order valence-electron chi connectivity index (χ0n) is 13.1. The Hall–Kier alpha value is -2.25. The van der Waals surface area contributed by atoms with E-state index in [1.807, 2.05) is 36.4 Å². The van der Waals surface area contributed by atoms with Gasteiger partial charge in [0.25, 0.3) is 0 Å². The standard InChI is InChI=1S/C19H11F3O2S2/c20-19(21,22)26-24-12-6-8-16-14-4-2-1-3-13(14)15-7-5-11(23-25)9-17(15)18(16)10-12/h1-10,25H. The molecule has 4 rings (SSSR count). The Kier molecular flexibility index (Phi) is 4.28. The van der Waals surface area contributed by atoms with Crippen molar-refractivity contribution in [2.24, 2.45) is 0 Å². The largest absolute Gasteiger partial charge is 0.479 e. The van der Waals surface area contributed by atoms with E-state index in [1.54, 1.807) is 18.2 Å². The van der Waals surface area contributed by atoms with Crippen molar-refractivity contribution in [3.05, 3.63) is 60.7 Å². The number of benzene rings is 4. The summed E-state index contributed by atoms with van der Waals surface area (Å²) in [7, 11) is 0. The van der Waals surface area contributed by atoms with E-state index in [9.17, 15) is 13.2 Å². The van der Waals surface area contributed by atoms with Crippen molar-refractivity contribution in [1.82, 2.24) is 0 Å². The third-order valence-electron chi connectivity index (χ3n) is 4.12. The van der Waals surface area contributed by atoms with Crippen molar-refractivity contribution in [2.45, 2.75) is 5.51 Å². The molecular formula is C19H11F3O2S2. The van der Waals surface area contributed by atoms with Crippen LogP contribution in [0.2, 0.25) is 0 Å². The van der Waals surface area contributed by atoms with Gasteiger partial charge in [-0.25, -0.2) is 0 Å². The number of rotatable bonds is 3. The fraction of sp³-hybridized carbons (Fsp3) is 0.0526. The van der Waals surface area contributed by atoms with Crippen molar-refractivity contribution in [1.29, 1.82) is 0 Å². The number of hydrogen-bond acceptors (Lipinski definition) is 4. The van der Waals surface area contributed by atoms with Gasteiger partial charge in [-0.1, -0.05) is 24.3 Å². The van der Waals surface area contributed by atoms with Crippen LogP contribution in [-0.2, 0) is 0 Å². The highest BCUT2D eigenvalue weighted by molar-refractivity contribution is 7.95. The lowest BCUT2D eigenvalue weighted by atomic mass is 9.94. The molecule has 26 heavy (non-hydrogen) atoms. The maximum absolute atomic E-state index is 12.4. The van der Waals surface area contributed by atoms with Crippen LogP contribution in [0.4, 0.5) is 13.2 Å². The Morgan fingerprint density at radius 1 is 0.692 bits per heavy atom. The molecule has 0 atom stereocenters. The molecular weight excluding hydrogens is 381 g/mol. The fourth-order valence-corrected chi connectivity index (χ4v) is 3.53. The highest BCUT2D eigenvalue weighted by atomic mass is 32.2. The van der Waals surface area contributed by atoms with Crippen molar-refractivity contribution in [3.8, 4) is 11.5 Å². The van der Waals surface area contributed by atoms with Crippen LogP contribution in [-0.4, -0.2) is 5.51 Å². The average Bonchev–Trinajstić information content (AvgIpc) is 2.65. The number of thiol groups is 1. The van der Waals surface area contributed by atoms with Crippen molar-refractivity contribution < 1.29 is 21.5 Å². The van der Waals surface area contributed by atoms with Crippen LogP contribution in [0, 0.1) is 0 Å². The number of halogens is 3. The Bertz CT molecular complexity index is 1130. The highest BCUT2D eigenvalue weighted by Crippen LogP contribution is 2.39. The second kappa shape index (κ2) is 6.48. The molecule has 0 unspecified atom stereocenters. The minimum Gasteiger partial charge on any atom is -0.429 e. The van der Waals surface area contributed by atoms with Gasteiger partial charge in [-0.3, -0.25) is 0 Å². The maximum atomic E-state index is 12.4. The SMILES string of the molecule is FC(F)(F)SOc1ccc2c3ccccc3c3ccc(OS)cc3c2c1. The third-order valence-corrected chi connectivity index (χ3v) is 4.79. The van der Waals surface area contributed by atoms with E-state index < -0.39 is 17.6 Å². The number of fused-ring (bicyclic) bond motifs is 6. The normalized spacial score (nSPS) is 12.0. The zero-order chi connectivity index (χ0) is 18.3. The van der Waals surface area contributed by atoms with E-state index in [0.29, 0.717) is 5.75 Å². The topological polar surface area (TPSA) is 18.5 Å². The van der Waals surface area contributed by atoms with E-state index in [1.165, 1.54) is 6.07 Å². The lowest BCUT2D eigenvalue weighted by molar-refractivity contribution is -0.0369. The Balaban J connectivity index is 2.01. The molecule has 4 aromatic carbocycles. The summed E-state index contributed by atoms with van der Waals surface area (Å²) in [5.74, 6) is 0.682. The van der Waals surface area contributed by atoms with Gasteiger partial charge in [-0.2, -0.15) is 13.2 Å². The molecule has 2 nitrogen and oxygen atoms in total. The van der Waals surface area contributed by atoms with Crippen LogP contribution in [0.5, 0.6) is 11.5 Å². The quantitative estimate of drug-likeness (QED) is 0.232. The monoisotopic (exact) mass is 392 g/mol. The summed E-state index contributed by atoms with van der Waals surface area (Å²) in [5, 5.41) is 5.61. The Morgan fingerprint density at radius 2 is 1.19 bits per heavy atom. The molecule has 0 bridgehead atoms. The van der Waals surface area contributed by atoms with E-state index in [4.69, 9.17) is 8.37 Å². The predicted octanol–water partition coefficient (Wildman–Crippen LogP) is 6.92. The van der Waals surface area contributed by atoms with Gasteiger partial charge in [-0.15, -0.1) is 0 Å². The molecule has 0 saturated carbocycles. The molecule has 0 aliphatic heterocycles. The van der Waals surface area contributed by atoms with E-state index in [-0.39, 0.29) is 5.75 Å². The second-order valence-electron chi connectivity index (χ2n) is 5.66. The Labute approximate surface area is 156 Å². The molecule has 0 aliphatic carbocycles. The summed E-state index contributed by atoms with van der Waals surface area (Å²) in [5.41, 5.74) is -4.46. The Morgan fingerprint density at radius 3 is 1.73 bits per heavy atom. The number of hydrogen-bond donors (Lipinski definition) is 1. The van der Waals surface area contributed by atoms with Gasteiger partial charge in [0, 0.05) is 12.9 Å². The molecule has 0 heterocycles. The summed E-state index contributed by atoms with van der Waals surface area (Å²) in [6.45, 7) is 0. The van der Waals surface area contributed by atoms with Crippen LogP contribution in [0.3, 0.4) is 0 Å². The molecule has 0 aromatic heterocycles. The summed E-state index contributed by atoms with van der Waals surface area (Å²) in [4.78, 5) is 0. The van der Waals surface area contributed by atoms with Crippen molar-refractivity contribution in [3.63, 3.8) is 0 Å². The van der Waals surface area contributed by atoms with Crippen molar-refractivity contribution in [2.75, 3.05) is 0 Å². The molecule has 0 amide bonds. The highest BCUT2D eigenvalue weighted by Gasteiger charge is 2.31. The summed E-state index contributed by atoms with van der Waals surface area (Å²) in [6.07, 6.45) is 0. The van der Waals surface area contributed by atoms with E-state index >= 15 is 0 Å². The van der Waals surface area contributed by atoms with Gasteiger partial charge in [0.1, 0.15) is 11.5 Å². The van der Waals surface area contributed by atoms with Gasteiger partial charge in [0.05, 0.1) is 0 Å². The zero-order valence-corrected chi connectivity index (χ0v) is 14.8. The predicted molar refractivity (Wildman–Crippen MR) is 103 cm³/mol. The lowest BCUT2D eigenvalue weighted by Crippen LogP contribution is -2.02. The summed E-state index contributed by atoms with van der Waals surface area (Å²) >= 11 is 3.31. The minimum absolute atomic E-state index is 0.133. The van der Waals surface area contributed by atoms with Crippen LogP contribution < -0.4 is 8.37 Å². The fourth-order valence-electron chi connectivity index (χ4n) is 3.12. The summed E-state index contributed by atoms with van der Waals surface area (Å²) < 4.78 is 47.1. The van der Waals surface area contributed by atoms with E-state index in [2.05, 4.69) is 12.9 Å². The number of alkyl halides is 3.